The molecule has 0 bridgehead atoms. The van der Waals surface area contributed by atoms with Gasteiger partial charge >= 0.3 is 0 Å². The molecule has 1 fully saturated rings. The van der Waals surface area contributed by atoms with Crippen molar-refractivity contribution in [1.82, 2.24) is 0 Å². The number of hydrogen-bond acceptors (Lipinski definition) is 5. The van der Waals surface area contributed by atoms with Gasteiger partial charge in [-0.15, -0.1) is 0 Å². The predicted molar refractivity (Wildman–Crippen MR) is 81.0 cm³/mol. The maximum absolute atomic E-state index is 11.0. The molecule has 1 saturated heterocycles. The van der Waals surface area contributed by atoms with Crippen LogP contribution in [0.5, 0.6) is 5.75 Å². The van der Waals surface area contributed by atoms with E-state index in [0.717, 1.165) is 24.9 Å². The molecule has 6 nitrogen and oxygen atoms in total. The van der Waals surface area contributed by atoms with Crippen LogP contribution in [0.4, 0.5) is 11.4 Å². The standard InChI is InChI=1S/C15H22N2O4/c1-3-5-15(18)10-16(11-15)12-7-13(17(19)20)9-14(8-12)21-6-4-2/h7-9,18H,3-6,10-11H2,1-2H3. The molecule has 0 amide bonds. The van der Waals surface area contributed by atoms with Crippen molar-refractivity contribution < 1.29 is 14.8 Å². The summed E-state index contributed by atoms with van der Waals surface area (Å²) in [5.74, 6) is 0.506. The number of benzene rings is 1. The molecule has 0 aliphatic carbocycles. The van der Waals surface area contributed by atoms with Gasteiger partial charge in [0.05, 0.1) is 23.2 Å². The second kappa shape index (κ2) is 6.30. The highest BCUT2D eigenvalue weighted by atomic mass is 16.6. The molecule has 116 valence electrons. The summed E-state index contributed by atoms with van der Waals surface area (Å²) in [5, 5.41) is 21.2. The second-order valence-corrected chi connectivity index (χ2v) is 5.62. The van der Waals surface area contributed by atoms with Crippen LogP contribution in [-0.4, -0.2) is 35.3 Å². The topological polar surface area (TPSA) is 75.8 Å². The van der Waals surface area contributed by atoms with Gasteiger partial charge in [-0.05, 0) is 12.8 Å². The van der Waals surface area contributed by atoms with Gasteiger partial charge < -0.3 is 14.7 Å². The number of nitro groups is 1. The van der Waals surface area contributed by atoms with Gasteiger partial charge in [0, 0.05) is 30.9 Å². The van der Waals surface area contributed by atoms with Crippen LogP contribution < -0.4 is 9.64 Å². The minimum atomic E-state index is -0.663. The normalized spacial score (nSPS) is 16.4. The maximum atomic E-state index is 11.0. The zero-order chi connectivity index (χ0) is 15.5. The Balaban J connectivity index is 2.15. The molecule has 1 N–H and O–H groups in total. The van der Waals surface area contributed by atoms with Gasteiger partial charge in [-0.1, -0.05) is 20.3 Å². The summed E-state index contributed by atoms with van der Waals surface area (Å²) < 4.78 is 5.51. The van der Waals surface area contributed by atoms with Crippen molar-refractivity contribution in [2.45, 2.75) is 38.7 Å². The van der Waals surface area contributed by atoms with Crippen molar-refractivity contribution in [3.8, 4) is 5.75 Å². The Labute approximate surface area is 124 Å². The lowest BCUT2D eigenvalue weighted by Crippen LogP contribution is -2.61. The fraction of sp³-hybridized carbons (Fsp3) is 0.600. The summed E-state index contributed by atoms with van der Waals surface area (Å²) >= 11 is 0. The van der Waals surface area contributed by atoms with Crippen LogP contribution in [0.15, 0.2) is 18.2 Å². The van der Waals surface area contributed by atoms with E-state index in [1.807, 2.05) is 18.7 Å². The molecule has 1 aliphatic rings. The Kier molecular flexibility index (Phi) is 4.67. The summed E-state index contributed by atoms with van der Waals surface area (Å²) in [5.41, 5.74) is 0.0877. The minimum Gasteiger partial charge on any atom is -0.493 e. The molecule has 2 rings (SSSR count). The fourth-order valence-electron chi connectivity index (χ4n) is 2.63. The Morgan fingerprint density at radius 1 is 1.33 bits per heavy atom. The third-order valence-electron chi connectivity index (χ3n) is 3.61. The van der Waals surface area contributed by atoms with Crippen LogP contribution in [-0.2, 0) is 0 Å². The molecule has 0 radical (unpaired) electrons. The van der Waals surface area contributed by atoms with Gasteiger partial charge in [0.2, 0.25) is 0 Å². The van der Waals surface area contributed by atoms with Crippen LogP contribution in [0.25, 0.3) is 0 Å². The van der Waals surface area contributed by atoms with E-state index in [4.69, 9.17) is 4.74 Å². The highest BCUT2D eigenvalue weighted by molar-refractivity contribution is 5.60. The van der Waals surface area contributed by atoms with Crippen molar-refractivity contribution in [2.24, 2.45) is 0 Å². The maximum Gasteiger partial charge on any atom is 0.275 e. The first-order valence-corrected chi connectivity index (χ1v) is 7.37. The zero-order valence-electron chi connectivity index (χ0n) is 12.5. The zero-order valence-corrected chi connectivity index (χ0v) is 12.5. The van der Waals surface area contributed by atoms with E-state index in [2.05, 4.69) is 0 Å². The fourth-order valence-corrected chi connectivity index (χ4v) is 2.63. The van der Waals surface area contributed by atoms with Gasteiger partial charge in [-0.25, -0.2) is 0 Å². The van der Waals surface area contributed by atoms with Gasteiger partial charge in [0.1, 0.15) is 5.75 Å². The SMILES string of the molecule is CCCOc1cc(N2CC(O)(CCC)C2)cc([N+](=O)[O-])c1. The van der Waals surface area contributed by atoms with Crippen LogP contribution in [0.3, 0.4) is 0 Å². The lowest BCUT2D eigenvalue weighted by molar-refractivity contribution is -0.384. The number of anilines is 1. The Morgan fingerprint density at radius 3 is 2.62 bits per heavy atom. The van der Waals surface area contributed by atoms with E-state index in [-0.39, 0.29) is 5.69 Å². The van der Waals surface area contributed by atoms with Crippen molar-refractivity contribution in [2.75, 3.05) is 24.6 Å². The molecule has 0 atom stereocenters. The van der Waals surface area contributed by atoms with Crippen molar-refractivity contribution >= 4 is 11.4 Å². The molecule has 0 unspecified atom stereocenters. The molecular formula is C15H22N2O4. The molecule has 0 spiro atoms. The number of nitro benzene ring substituents is 1. The summed E-state index contributed by atoms with van der Waals surface area (Å²) in [6.45, 7) is 5.56. The minimum absolute atomic E-state index is 0.0181. The van der Waals surface area contributed by atoms with Gasteiger partial charge in [0.25, 0.3) is 5.69 Å². The molecule has 1 aromatic carbocycles. The molecule has 0 aromatic heterocycles. The smallest absolute Gasteiger partial charge is 0.275 e. The monoisotopic (exact) mass is 294 g/mol. The summed E-state index contributed by atoms with van der Waals surface area (Å²) in [7, 11) is 0. The van der Waals surface area contributed by atoms with Crippen molar-refractivity contribution in [3.63, 3.8) is 0 Å². The van der Waals surface area contributed by atoms with E-state index in [1.165, 1.54) is 12.1 Å². The number of hydrogen-bond donors (Lipinski definition) is 1. The Hall–Kier alpha value is -1.82. The van der Waals surface area contributed by atoms with E-state index in [0.29, 0.717) is 25.4 Å². The molecule has 1 heterocycles. The molecule has 0 saturated carbocycles. The van der Waals surface area contributed by atoms with Crippen LogP contribution in [0.1, 0.15) is 33.1 Å². The lowest BCUT2D eigenvalue weighted by atomic mass is 9.89. The number of non-ortho nitro benzene ring substituents is 1. The van der Waals surface area contributed by atoms with Gasteiger partial charge in [-0.3, -0.25) is 10.1 Å². The van der Waals surface area contributed by atoms with E-state index < -0.39 is 10.5 Å². The first-order valence-electron chi connectivity index (χ1n) is 7.37. The average Bonchev–Trinajstić information content (AvgIpc) is 2.42. The highest BCUT2D eigenvalue weighted by Crippen LogP contribution is 2.35. The van der Waals surface area contributed by atoms with Crippen molar-refractivity contribution in [1.29, 1.82) is 0 Å². The number of aliphatic hydroxyl groups is 1. The third kappa shape index (κ3) is 3.64. The van der Waals surface area contributed by atoms with Crippen LogP contribution in [0.2, 0.25) is 0 Å². The first kappa shape index (κ1) is 15.6. The van der Waals surface area contributed by atoms with Gasteiger partial charge in [0.15, 0.2) is 0 Å². The van der Waals surface area contributed by atoms with E-state index in [1.54, 1.807) is 6.07 Å². The van der Waals surface area contributed by atoms with E-state index in [9.17, 15) is 15.2 Å². The largest absolute Gasteiger partial charge is 0.493 e. The highest BCUT2D eigenvalue weighted by Gasteiger charge is 2.40. The number of nitrogens with zero attached hydrogens (tertiary/aromatic N) is 2. The first-order chi connectivity index (χ1) is 9.97. The van der Waals surface area contributed by atoms with Gasteiger partial charge in [-0.2, -0.15) is 0 Å². The van der Waals surface area contributed by atoms with Crippen LogP contribution in [0, 0.1) is 10.1 Å². The molecular weight excluding hydrogens is 272 g/mol. The molecule has 1 aliphatic heterocycles. The number of ether oxygens (including phenoxy) is 1. The van der Waals surface area contributed by atoms with Crippen LogP contribution >= 0.6 is 0 Å². The molecule has 1 aromatic rings. The van der Waals surface area contributed by atoms with Crippen molar-refractivity contribution in [3.05, 3.63) is 28.3 Å². The van der Waals surface area contributed by atoms with E-state index >= 15 is 0 Å². The lowest BCUT2D eigenvalue weighted by Gasteiger charge is -2.48. The quantitative estimate of drug-likeness (QED) is 0.618. The summed E-state index contributed by atoms with van der Waals surface area (Å²) in [6.07, 6.45) is 2.51. The predicted octanol–water partition coefficient (Wildman–Crippen LogP) is 2.73. The second-order valence-electron chi connectivity index (χ2n) is 5.62. The summed E-state index contributed by atoms with van der Waals surface area (Å²) in [6, 6.07) is 4.77. The number of β-amino-alcohol motifs (C(OH)–C–C–N with tert-alkyl or cyclic N) is 1. The molecule has 21 heavy (non-hydrogen) atoms. The Bertz CT molecular complexity index is 512. The average molecular weight is 294 g/mol. The number of rotatable bonds is 7. The Morgan fingerprint density at radius 2 is 2.05 bits per heavy atom. The summed E-state index contributed by atoms with van der Waals surface area (Å²) in [4.78, 5) is 12.5. The molecule has 6 heteroatoms. The third-order valence-corrected chi connectivity index (χ3v) is 3.61.